The molecule has 0 spiro atoms. The normalized spacial score (nSPS) is 11.6. The second-order valence-corrected chi connectivity index (χ2v) is 8.16. The smallest absolute Gasteiger partial charge is 0.465 e. The number of halogens is 3. The average molecular weight is 493 g/mol. The van der Waals surface area contributed by atoms with Gasteiger partial charge in [-0.25, -0.2) is 9.59 Å². The summed E-state index contributed by atoms with van der Waals surface area (Å²) in [5, 5.41) is 9.46. The van der Waals surface area contributed by atoms with Crippen molar-refractivity contribution in [3.63, 3.8) is 0 Å². The van der Waals surface area contributed by atoms with Gasteiger partial charge in [0.1, 0.15) is 5.75 Å². The van der Waals surface area contributed by atoms with Crippen LogP contribution in [0, 0.1) is 0 Å². The lowest BCUT2D eigenvalue weighted by Gasteiger charge is -2.20. The molecule has 1 heterocycles. The highest BCUT2D eigenvalue weighted by atomic mass is 19.4. The van der Waals surface area contributed by atoms with Crippen LogP contribution in [0.3, 0.4) is 0 Å². The van der Waals surface area contributed by atoms with Crippen molar-refractivity contribution in [1.29, 1.82) is 0 Å². The first-order valence-electron chi connectivity index (χ1n) is 11.0. The van der Waals surface area contributed by atoms with E-state index in [1.54, 1.807) is 38.4 Å². The number of imidazole rings is 1. The highest BCUT2D eigenvalue weighted by Crippen LogP contribution is 2.26. The SMILES string of the molecule is Cn1c(=O)n(C)c2cc(C(=O)CCCCN(CCc3ccccc3OC(F)(F)F)C(=O)O)ccc21. The number of aryl methyl sites for hydroxylation is 2. The third-order valence-electron chi connectivity index (χ3n) is 5.80. The quantitative estimate of drug-likeness (QED) is 0.335. The van der Waals surface area contributed by atoms with Crippen molar-refractivity contribution in [3.8, 4) is 5.75 Å². The van der Waals surface area contributed by atoms with E-state index < -0.39 is 12.5 Å². The predicted octanol–water partition coefficient (Wildman–Crippen LogP) is 4.35. The molecule has 0 bridgehead atoms. The lowest BCUT2D eigenvalue weighted by Crippen LogP contribution is -2.32. The van der Waals surface area contributed by atoms with E-state index in [1.165, 1.54) is 27.3 Å². The van der Waals surface area contributed by atoms with Gasteiger partial charge >= 0.3 is 18.1 Å². The minimum absolute atomic E-state index is 0.0137. The number of alkyl halides is 3. The third-order valence-corrected chi connectivity index (χ3v) is 5.80. The lowest BCUT2D eigenvalue weighted by atomic mass is 10.0. The lowest BCUT2D eigenvalue weighted by molar-refractivity contribution is -0.274. The summed E-state index contributed by atoms with van der Waals surface area (Å²) < 4.78 is 44.7. The Morgan fingerprint density at radius 1 is 1.00 bits per heavy atom. The number of carbonyl (C=O) groups excluding carboxylic acids is 1. The van der Waals surface area contributed by atoms with E-state index in [1.807, 2.05) is 0 Å². The molecule has 0 atom stereocenters. The van der Waals surface area contributed by atoms with Crippen LogP contribution >= 0.6 is 0 Å². The molecular weight excluding hydrogens is 467 g/mol. The van der Waals surface area contributed by atoms with Crippen molar-refractivity contribution < 1.29 is 32.6 Å². The zero-order chi connectivity index (χ0) is 25.8. The number of rotatable bonds is 10. The Morgan fingerprint density at radius 3 is 2.37 bits per heavy atom. The molecule has 0 aliphatic heterocycles. The van der Waals surface area contributed by atoms with E-state index in [9.17, 15) is 32.7 Å². The van der Waals surface area contributed by atoms with Crippen LogP contribution in [0.25, 0.3) is 11.0 Å². The molecule has 1 N–H and O–H groups in total. The van der Waals surface area contributed by atoms with Gasteiger partial charge in [0.05, 0.1) is 11.0 Å². The minimum Gasteiger partial charge on any atom is -0.465 e. The van der Waals surface area contributed by atoms with E-state index in [4.69, 9.17) is 0 Å². The number of carboxylic acid groups (broad SMARTS) is 1. The first-order chi connectivity index (χ1) is 16.5. The van der Waals surface area contributed by atoms with Gasteiger partial charge in [-0.3, -0.25) is 13.9 Å². The molecule has 2 aromatic carbocycles. The molecule has 35 heavy (non-hydrogen) atoms. The number of carbonyl (C=O) groups is 2. The van der Waals surface area contributed by atoms with Gasteiger partial charge in [0.25, 0.3) is 0 Å². The van der Waals surface area contributed by atoms with Gasteiger partial charge in [0, 0.05) is 39.2 Å². The van der Waals surface area contributed by atoms with Gasteiger partial charge in [-0.1, -0.05) is 18.2 Å². The maximum absolute atomic E-state index is 12.6. The number of nitrogens with zero attached hydrogens (tertiary/aromatic N) is 3. The average Bonchev–Trinajstić information content (AvgIpc) is 3.01. The van der Waals surface area contributed by atoms with Crippen LogP contribution in [-0.4, -0.2) is 50.5 Å². The molecule has 188 valence electrons. The standard InChI is InChI=1S/C24H26F3N3O5/c1-28-18-11-10-17(15-19(18)29(2)22(28)32)20(31)8-5-6-13-30(23(33)34)14-12-16-7-3-4-9-21(16)35-24(25,26)27/h3-4,7,9-11,15H,5-6,8,12-14H2,1-2H3,(H,33,34). The van der Waals surface area contributed by atoms with Crippen molar-refractivity contribution >= 4 is 22.9 Å². The summed E-state index contributed by atoms with van der Waals surface area (Å²) in [6.45, 7) is 0.122. The molecule has 11 heteroatoms. The highest BCUT2D eigenvalue weighted by Gasteiger charge is 2.32. The van der Waals surface area contributed by atoms with E-state index in [0.717, 1.165) is 4.90 Å². The summed E-state index contributed by atoms with van der Waals surface area (Å²) in [6, 6.07) is 10.7. The zero-order valence-corrected chi connectivity index (χ0v) is 19.3. The highest BCUT2D eigenvalue weighted by molar-refractivity contribution is 5.99. The van der Waals surface area contributed by atoms with Gasteiger partial charge in [0.15, 0.2) is 5.78 Å². The van der Waals surface area contributed by atoms with Crippen LogP contribution in [-0.2, 0) is 20.5 Å². The van der Waals surface area contributed by atoms with Gasteiger partial charge in [-0.05, 0) is 49.1 Å². The van der Waals surface area contributed by atoms with E-state index in [2.05, 4.69) is 4.74 Å². The Balaban J connectivity index is 1.54. The molecule has 0 fully saturated rings. The Kier molecular flexibility index (Phi) is 7.88. The van der Waals surface area contributed by atoms with E-state index >= 15 is 0 Å². The van der Waals surface area contributed by atoms with Crippen LogP contribution in [0.2, 0.25) is 0 Å². The molecule has 0 unspecified atom stereocenters. The number of fused-ring (bicyclic) bond motifs is 1. The fourth-order valence-corrected chi connectivity index (χ4v) is 3.91. The van der Waals surface area contributed by atoms with Crippen molar-refractivity contribution in [2.45, 2.75) is 32.0 Å². The molecule has 0 saturated carbocycles. The summed E-state index contributed by atoms with van der Waals surface area (Å²) in [6.07, 6.45) is -4.95. The number of Topliss-reactive ketones (excluding diaryl/α,β-unsaturated/α-hetero) is 1. The van der Waals surface area contributed by atoms with Crippen LogP contribution < -0.4 is 10.4 Å². The van der Waals surface area contributed by atoms with Crippen LogP contribution in [0.5, 0.6) is 5.75 Å². The fraction of sp³-hybridized carbons (Fsp3) is 0.375. The maximum Gasteiger partial charge on any atom is 0.573 e. The number of ether oxygens (including phenoxy) is 1. The van der Waals surface area contributed by atoms with Crippen LogP contribution in [0.15, 0.2) is 47.3 Å². The number of ketones is 1. The van der Waals surface area contributed by atoms with E-state index in [-0.39, 0.29) is 48.7 Å². The Hall–Kier alpha value is -3.76. The number of para-hydroxylation sites is 1. The molecule has 0 aliphatic carbocycles. The number of hydrogen-bond acceptors (Lipinski definition) is 4. The molecule has 0 saturated heterocycles. The molecule has 1 amide bonds. The van der Waals surface area contributed by atoms with Gasteiger partial charge < -0.3 is 14.7 Å². The van der Waals surface area contributed by atoms with Gasteiger partial charge in [-0.15, -0.1) is 13.2 Å². The third kappa shape index (κ3) is 6.43. The summed E-state index contributed by atoms with van der Waals surface area (Å²) >= 11 is 0. The number of hydrogen-bond donors (Lipinski definition) is 1. The number of aromatic nitrogens is 2. The predicted molar refractivity (Wildman–Crippen MR) is 123 cm³/mol. The van der Waals surface area contributed by atoms with Crippen molar-refractivity contribution in [3.05, 3.63) is 64.1 Å². The summed E-state index contributed by atoms with van der Waals surface area (Å²) in [7, 11) is 3.29. The van der Waals surface area contributed by atoms with E-state index in [0.29, 0.717) is 29.4 Å². The topological polar surface area (TPSA) is 93.8 Å². The second kappa shape index (κ2) is 10.7. The maximum atomic E-state index is 12.6. The molecule has 0 radical (unpaired) electrons. The number of benzene rings is 2. The van der Waals surface area contributed by atoms with Crippen LogP contribution in [0.1, 0.15) is 35.2 Å². The second-order valence-electron chi connectivity index (χ2n) is 8.16. The Labute approximate surface area is 199 Å². The van der Waals surface area contributed by atoms with Crippen molar-refractivity contribution in [2.24, 2.45) is 14.1 Å². The van der Waals surface area contributed by atoms with Crippen LogP contribution in [0.4, 0.5) is 18.0 Å². The zero-order valence-electron chi connectivity index (χ0n) is 19.3. The summed E-state index contributed by atoms with van der Waals surface area (Å²) in [5.74, 6) is -0.480. The molecular formula is C24H26F3N3O5. The Bertz CT molecular complexity index is 1280. The monoisotopic (exact) mass is 493 g/mol. The summed E-state index contributed by atoms with van der Waals surface area (Å²) in [4.78, 5) is 37.4. The molecule has 3 aromatic rings. The molecule has 1 aromatic heterocycles. The first kappa shape index (κ1) is 25.9. The van der Waals surface area contributed by atoms with Crippen molar-refractivity contribution in [2.75, 3.05) is 13.1 Å². The van der Waals surface area contributed by atoms with Gasteiger partial charge in [-0.2, -0.15) is 0 Å². The number of amides is 1. The molecule has 3 rings (SSSR count). The largest absolute Gasteiger partial charge is 0.573 e. The van der Waals surface area contributed by atoms with Gasteiger partial charge in [0.2, 0.25) is 0 Å². The number of unbranched alkanes of at least 4 members (excludes halogenated alkanes) is 1. The fourth-order valence-electron chi connectivity index (χ4n) is 3.91. The Morgan fingerprint density at radius 2 is 1.69 bits per heavy atom. The minimum atomic E-state index is -4.84. The molecule has 8 nitrogen and oxygen atoms in total. The first-order valence-corrected chi connectivity index (χ1v) is 11.0. The van der Waals surface area contributed by atoms with Crippen molar-refractivity contribution in [1.82, 2.24) is 14.0 Å². The molecule has 0 aliphatic rings. The summed E-state index contributed by atoms with van der Waals surface area (Å²) in [5.41, 5.74) is 1.89.